The SMILES string of the molecule is NC(=O)c1ccc(C(=O)n2nc(-c3cc(O)cc(=O)n3CCc3ccco3)cc2NCc2ccc(Cl)s2)cc1. The standard InChI is InChI=1S/C27H22ClN5O5S/c28-23-8-7-20(39-23)15-30-24-14-21(31-33(24)27(37)17-5-3-16(4-6-17)26(29)36)22-12-18(34)13-25(35)32(22)10-9-19-2-1-11-38-19/h1-8,11-14,30,34H,9-10,15H2,(H2,29,36). The van der Waals surface area contributed by atoms with E-state index in [-0.39, 0.29) is 29.1 Å². The summed E-state index contributed by atoms with van der Waals surface area (Å²) < 4.78 is 8.66. The van der Waals surface area contributed by atoms with Crippen molar-refractivity contribution in [1.29, 1.82) is 0 Å². The van der Waals surface area contributed by atoms with Gasteiger partial charge in [0.05, 0.1) is 22.8 Å². The van der Waals surface area contributed by atoms with Crippen LogP contribution in [0.4, 0.5) is 5.82 Å². The Morgan fingerprint density at radius 2 is 1.85 bits per heavy atom. The summed E-state index contributed by atoms with van der Waals surface area (Å²) in [5, 5.41) is 17.9. The van der Waals surface area contributed by atoms with Gasteiger partial charge in [-0.3, -0.25) is 14.4 Å². The molecule has 0 atom stereocenters. The highest BCUT2D eigenvalue weighted by molar-refractivity contribution is 7.16. The molecule has 0 saturated heterocycles. The average Bonchev–Trinajstić information content (AvgIpc) is 3.67. The normalized spacial score (nSPS) is 11.0. The van der Waals surface area contributed by atoms with Gasteiger partial charge in [0, 0.05) is 47.2 Å². The Hall–Kier alpha value is -4.61. The summed E-state index contributed by atoms with van der Waals surface area (Å²) in [6.45, 7) is 0.621. The molecule has 4 N–H and O–H groups in total. The number of nitrogens with one attached hydrogen (secondary N) is 1. The lowest BCUT2D eigenvalue weighted by atomic mass is 10.1. The first-order valence-corrected chi connectivity index (χ1v) is 13.0. The zero-order valence-corrected chi connectivity index (χ0v) is 21.9. The number of furan rings is 1. The maximum Gasteiger partial charge on any atom is 0.280 e. The molecule has 10 nitrogen and oxygen atoms in total. The molecule has 39 heavy (non-hydrogen) atoms. The van der Waals surface area contributed by atoms with E-state index in [4.69, 9.17) is 21.8 Å². The van der Waals surface area contributed by atoms with Crippen LogP contribution >= 0.6 is 22.9 Å². The van der Waals surface area contributed by atoms with E-state index < -0.39 is 17.4 Å². The minimum Gasteiger partial charge on any atom is -0.508 e. The molecule has 4 aromatic heterocycles. The van der Waals surface area contributed by atoms with Crippen molar-refractivity contribution in [1.82, 2.24) is 14.3 Å². The van der Waals surface area contributed by atoms with Gasteiger partial charge in [-0.15, -0.1) is 11.3 Å². The Balaban J connectivity index is 1.54. The second-order valence-corrected chi connectivity index (χ2v) is 10.4. The van der Waals surface area contributed by atoms with E-state index in [1.807, 2.05) is 6.07 Å². The molecule has 0 aliphatic carbocycles. The Morgan fingerprint density at radius 1 is 1.08 bits per heavy atom. The van der Waals surface area contributed by atoms with E-state index in [9.17, 15) is 19.5 Å². The van der Waals surface area contributed by atoms with E-state index in [1.165, 1.54) is 50.9 Å². The lowest BCUT2D eigenvalue weighted by Crippen LogP contribution is -2.22. The number of nitrogens with two attached hydrogens (primary N) is 1. The first kappa shape index (κ1) is 26.0. The van der Waals surface area contributed by atoms with Crippen LogP contribution in [0, 0.1) is 0 Å². The molecule has 198 valence electrons. The van der Waals surface area contributed by atoms with Gasteiger partial charge in [-0.2, -0.15) is 9.78 Å². The van der Waals surface area contributed by atoms with Crippen molar-refractivity contribution >= 4 is 40.6 Å². The summed E-state index contributed by atoms with van der Waals surface area (Å²) in [5.41, 5.74) is 6.03. The summed E-state index contributed by atoms with van der Waals surface area (Å²) in [6, 6.07) is 17.3. The molecule has 5 rings (SSSR count). The molecule has 0 fully saturated rings. The minimum atomic E-state index is -0.608. The van der Waals surface area contributed by atoms with E-state index in [1.54, 1.807) is 30.5 Å². The number of primary amides is 1. The Labute approximate surface area is 230 Å². The van der Waals surface area contributed by atoms with Crippen LogP contribution in [0.3, 0.4) is 0 Å². The molecule has 5 aromatic rings. The number of rotatable bonds is 9. The second kappa shape index (κ2) is 11.0. The number of benzene rings is 1. The van der Waals surface area contributed by atoms with Gasteiger partial charge in [0.15, 0.2) is 0 Å². The van der Waals surface area contributed by atoms with Crippen LogP contribution in [0.15, 0.2) is 82.2 Å². The largest absolute Gasteiger partial charge is 0.508 e. The van der Waals surface area contributed by atoms with Gasteiger partial charge < -0.3 is 25.1 Å². The van der Waals surface area contributed by atoms with Gasteiger partial charge in [0.1, 0.15) is 23.0 Å². The van der Waals surface area contributed by atoms with Gasteiger partial charge in [0.25, 0.3) is 11.5 Å². The van der Waals surface area contributed by atoms with Crippen molar-refractivity contribution in [2.75, 3.05) is 5.32 Å². The zero-order valence-electron chi connectivity index (χ0n) is 20.3. The molecule has 0 saturated carbocycles. The number of aryl methyl sites for hydroxylation is 1. The molecule has 0 aliphatic rings. The number of hydrogen-bond donors (Lipinski definition) is 3. The molecule has 0 unspecified atom stereocenters. The second-order valence-electron chi connectivity index (χ2n) is 8.55. The van der Waals surface area contributed by atoms with Gasteiger partial charge >= 0.3 is 0 Å². The molecular weight excluding hydrogens is 542 g/mol. The van der Waals surface area contributed by atoms with Crippen molar-refractivity contribution in [3.8, 4) is 17.1 Å². The summed E-state index contributed by atoms with van der Waals surface area (Å²) in [6.07, 6.45) is 1.98. The van der Waals surface area contributed by atoms with Gasteiger partial charge in [-0.05, 0) is 48.5 Å². The Morgan fingerprint density at radius 3 is 2.51 bits per heavy atom. The monoisotopic (exact) mass is 563 g/mol. The number of amides is 1. The van der Waals surface area contributed by atoms with Crippen LogP contribution in [0.5, 0.6) is 5.75 Å². The fraction of sp³-hybridized carbons (Fsp3) is 0.111. The van der Waals surface area contributed by atoms with Gasteiger partial charge in [0.2, 0.25) is 5.91 Å². The Bertz CT molecular complexity index is 1700. The number of aromatic hydroxyl groups is 1. The highest BCUT2D eigenvalue weighted by atomic mass is 35.5. The number of halogens is 1. The molecule has 4 heterocycles. The fourth-order valence-corrected chi connectivity index (χ4v) is 5.04. The number of hydrogen-bond acceptors (Lipinski definition) is 8. The maximum absolute atomic E-state index is 13.5. The fourth-order valence-electron chi connectivity index (χ4n) is 4.01. The summed E-state index contributed by atoms with van der Waals surface area (Å²) in [5.74, 6) is -0.267. The third-order valence-corrected chi connectivity index (χ3v) is 7.16. The van der Waals surface area contributed by atoms with Crippen LogP contribution in [0.1, 0.15) is 31.4 Å². The van der Waals surface area contributed by atoms with Crippen LogP contribution in [0.25, 0.3) is 11.4 Å². The van der Waals surface area contributed by atoms with E-state index in [0.29, 0.717) is 34.6 Å². The van der Waals surface area contributed by atoms with Crippen molar-refractivity contribution < 1.29 is 19.1 Å². The molecule has 0 spiro atoms. The highest BCUT2D eigenvalue weighted by Crippen LogP contribution is 2.27. The topological polar surface area (TPSA) is 145 Å². The molecule has 0 bridgehead atoms. The maximum atomic E-state index is 13.5. The molecule has 1 amide bonds. The zero-order chi connectivity index (χ0) is 27.5. The number of anilines is 1. The third-order valence-electron chi connectivity index (χ3n) is 5.93. The molecule has 0 aliphatic heterocycles. The lowest BCUT2D eigenvalue weighted by Gasteiger charge is -2.11. The lowest BCUT2D eigenvalue weighted by molar-refractivity contribution is 0.0945. The number of aromatic nitrogens is 3. The summed E-state index contributed by atoms with van der Waals surface area (Å²) in [4.78, 5) is 38.7. The summed E-state index contributed by atoms with van der Waals surface area (Å²) in [7, 11) is 0. The smallest absolute Gasteiger partial charge is 0.280 e. The van der Waals surface area contributed by atoms with Crippen LogP contribution in [0.2, 0.25) is 4.34 Å². The third kappa shape index (κ3) is 5.79. The van der Waals surface area contributed by atoms with Crippen LogP contribution < -0.4 is 16.6 Å². The minimum absolute atomic E-state index is 0.227. The van der Waals surface area contributed by atoms with E-state index >= 15 is 0 Å². The van der Waals surface area contributed by atoms with Crippen molar-refractivity contribution in [3.63, 3.8) is 0 Å². The van der Waals surface area contributed by atoms with Gasteiger partial charge in [-0.25, -0.2) is 0 Å². The molecule has 1 aromatic carbocycles. The first-order chi connectivity index (χ1) is 18.8. The molecule has 0 radical (unpaired) electrons. The number of thiophene rings is 1. The van der Waals surface area contributed by atoms with Gasteiger partial charge in [-0.1, -0.05) is 11.6 Å². The Kier molecular flexibility index (Phi) is 7.35. The molecular formula is C27H22ClN5O5S. The van der Waals surface area contributed by atoms with E-state index in [0.717, 1.165) is 10.9 Å². The average molecular weight is 564 g/mol. The van der Waals surface area contributed by atoms with Crippen molar-refractivity contribution in [2.45, 2.75) is 19.5 Å². The first-order valence-electron chi connectivity index (χ1n) is 11.8. The summed E-state index contributed by atoms with van der Waals surface area (Å²) >= 11 is 7.45. The predicted octanol–water partition coefficient (Wildman–Crippen LogP) is 4.37. The molecule has 12 heteroatoms. The van der Waals surface area contributed by atoms with Crippen molar-refractivity contribution in [2.24, 2.45) is 5.73 Å². The number of carbonyl (C=O) groups is 2. The number of nitrogens with zero attached hydrogens (tertiary/aromatic N) is 3. The number of carbonyl (C=O) groups excluding carboxylic acids is 2. The van der Waals surface area contributed by atoms with Crippen LogP contribution in [-0.2, 0) is 19.5 Å². The quantitative estimate of drug-likeness (QED) is 0.241. The highest BCUT2D eigenvalue weighted by Gasteiger charge is 2.20. The van der Waals surface area contributed by atoms with Crippen LogP contribution in [-0.4, -0.2) is 31.3 Å². The predicted molar refractivity (Wildman–Crippen MR) is 147 cm³/mol. The van der Waals surface area contributed by atoms with E-state index in [2.05, 4.69) is 10.4 Å². The van der Waals surface area contributed by atoms with Crippen molar-refractivity contribution in [3.05, 3.63) is 109 Å². The number of pyridine rings is 1.